The summed E-state index contributed by atoms with van der Waals surface area (Å²) in [5, 5.41) is 0. The monoisotopic (exact) mass is 435 g/mol. The highest BCUT2D eigenvalue weighted by Crippen LogP contribution is 2.31. The molecule has 1 aliphatic rings. The third kappa shape index (κ3) is 6.07. The lowest BCUT2D eigenvalue weighted by Crippen LogP contribution is -2.30. The smallest absolute Gasteiger partial charge is 0.338 e. The fourth-order valence-electron chi connectivity index (χ4n) is 3.71. The number of esters is 1. The van der Waals surface area contributed by atoms with Gasteiger partial charge in [0, 0.05) is 42.8 Å². The number of halogens is 1. The van der Waals surface area contributed by atoms with Crippen molar-refractivity contribution >= 4 is 36.6 Å². The molecule has 0 aliphatic carbocycles. The van der Waals surface area contributed by atoms with E-state index in [0.717, 1.165) is 29.9 Å². The van der Waals surface area contributed by atoms with Crippen molar-refractivity contribution in [2.45, 2.75) is 34.1 Å². The van der Waals surface area contributed by atoms with Gasteiger partial charge in [-0.15, -0.1) is 0 Å². The third-order valence-electron chi connectivity index (χ3n) is 5.24. The maximum Gasteiger partial charge on any atom is 0.338 e. The standard InChI is InChI=1S/C23H25BFN3O2.C2H6/c1-14(10-18-15(2)27-7-4-19(18)24)13-28-8-5-16(6-9-28)22-20(25)11-17(12-21(22)26)23(29)30-3;1-2/h4-5,7,10-12H,6,8-9,13,26H2,1-3H3;1-2H3/b14-10+;. The highest BCUT2D eigenvalue weighted by Gasteiger charge is 2.20. The predicted octanol–water partition coefficient (Wildman–Crippen LogP) is 3.91. The number of ether oxygens (including phenoxy) is 1. The van der Waals surface area contributed by atoms with Gasteiger partial charge in [0.1, 0.15) is 13.7 Å². The molecule has 0 unspecified atom stereocenters. The topological polar surface area (TPSA) is 68.5 Å². The molecule has 5 nitrogen and oxygen atoms in total. The van der Waals surface area contributed by atoms with Crippen LogP contribution in [0, 0.1) is 12.7 Å². The lowest BCUT2D eigenvalue weighted by Gasteiger charge is -2.27. The number of carbonyl (C=O) groups is 1. The SMILES string of the molecule is CC.[B]c1ccnc(C)c1/C=C(\C)CN1CC=C(c2c(N)cc(C(=O)OC)cc2F)CC1. The molecule has 168 valence electrons. The van der Waals surface area contributed by atoms with E-state index in [1.807, 2.05) is 26.8 Å². The summed E-state index contributed by atoms with van der Waals surface area (Å²) in [6, 6.07) is 4.44. The molecule has 2 radical (unpaired) electrons. The zero-order valence-corrected chi connectivity index (χ0v) is 19.5. The first-order chi connectivity index (χ1) is 15.3. The molecule has 3 rings (SSSR count). The maximum atomic E-state index is 14.6. The molecule has 1 aromatic carbocycles. The second-order valence-electron chi connectivity index (χ2n) is 7.52. The summed E-state index contributed by atoms with van der Waals surface area (Å²) in [6.07, 6.45) is 6.43. The summed E-state index contributed by atoms with van der Waals surface area (Å²) >= 11 is 0. The minimum Gasteiger partial charge on any atom is -0.465 e. The molecule has 7 heteroatoms. The number of hydrogen-bond acceptors (Lipinski definition) is 5. The number of rotatable bonds is 5. The van der Waals surface area contributed by atoms with Crippen LogP contribution in [0.4, 0.5) is 10.1 Å². The number of nitrogen functional groups attached to an aromatic ring is 1. The van der Waals surface area contributed by atoms with Gasteiger partial charge in [0.25, 0.3) is 0 Å². The van der Waals surface area contributed by atoms with Gasteiger partial charge in [0.2, 0.25) is 0 Å². The normalized spacial score (nSPS) is 14.3. The van der Waals surface area contributed by atoms with Gasteiger partial charge in [-0.3, -0.25) is 9.88 Å². The van der Waals surface area contributed by atoms with E-state index in [1.165, 1.54) is 24.8 Å². The van der Waals surface area contributed by atoms with Crippen molar-refractivity contribution in [2.24, 2.45) is 0 Å². The molecule has 1 aromatic heterocycles. The minimum absolute atomic E-state index is 0.111. The van der Waals surface area contributed by atoms with Crippen LogP contribution in [0.2, 0.25) is 0 Å². The largest absolute Gasteiger partial charge is 0.465 e. The van der Waals surface area contributed by atoms with Crippen LogP contribution in [0.25, 0.3) is 11.6 Å². The van der Waals surface area contributed by atoms with Gasteiger partial charge in [0.05, 0.1) is 12.7 Å². The molecular formula is C25H31BFN3O2. The third-order valence-corrected chi connectivity index (χ3v) is 5.24. The Morgan fingerprint density at radius 3 is 2.66 bits per heavy atom. The predicted molar refractivity (Wildman–Crippen MR) is 131 cm³/mol. The number of aryl methyl sites for hydroxylation is 1. The quantitative estimate of drug-likeness (QED) is 0.438. The van der Waals surface area contributed by atoms with Gasteiger partial charge >= 0.3 is 5.97 Å². The van der Waals surface area contributed by atoms with Crippen molar-refractivity contribution in [1.29, 1.82) is 0 Å². The number of methoxy groups -OCH3 is 1. The Morgan fingerprint density at radius 1 is 1.38 bits per heavy atom. The number of anilines is 1. The highest BCUT2D eigenvalue weighted by atomic mass is 19.1. The lowest BCUT2D eigenvalue weighted by molar-refractivity contribution is 0.0600. The summed E-state index contributed by atoms with van der Waals surface area (Å²) in [5.41, 5.74) is 11.4. The second kappa shape index (κ2) is 11.6. The van der Waals surface area contributed by atoms with E-state index in [4.69, 9.17) is 13.6 Å². The molecule has 0 bridgehead atoms. The Balaban J connectivity index is 0.00000176. The maximum absolute atomic E-state index is 14.6. The molecule has 2 aromatic rings. The van der Waals surface area contributed by atoms with Crippen LogP contribution in [-0.2, 0) is 4.74 Å². The van der Waals surface area contributed by atoms with E-state index in [2.05, 4.69) is 27.6 Å². The Morgan fingerprint density at radius 2 is 2.09 bits per heavy atom. The van der Waals surface area contributed by atoms with Gasteiger partial charge in [-0.25, -0.2) is 9.18 Å². The molecule has 2 N–H and O–H groups in total. The summed E-state index contributed by atoms with van der Waals surface area (Å²) < 4.78 is 19.3. The van der Waals surface area contributed by atoms with Crippen molar-refractivity contribution in [3.8, 4) is 0 Å². The average molecular weight is 435 g/mol. The molecule has 0 amide bonds. The molecule has 0 atom stereocenters. The number of benzene rings is 1. The van der Waals surface area contributed by atoms with Crippen LogP contribution in [0.3, 0.4) is 0 Å². The van der Waals surface area contributed by atoms with E-state index < -0.39 is 11.8 Å². The van der Waals surface area contributed by atoms with Crippen molar-refractivity contribution in [3.05, 3.63) is 64.2 Å². The van der Waals surface area contributed by atoms with Gasteiger partial charge in [-0.05, 0) is 43.5 Å². The molecule has 2 heterocycles. The van der Waals surface area contributed by atoms with Crippen molar-refractivity contribution in [2.75, 3.05) is 32.5 Å². The molecule has 0 saturated carbocycles. The van der Waals surface area contributed by atoms with E-state index in [9.17, 15) is 9.18 Å². The van der Waals surface area contributed by atoms with E-state index in [0.29, 0.717) is 24.0 Å². The second-order valence-corrected chi connectivity index (χ2v) is 7.52. The van der Waals surface area contributed by atoms with Crippen molar-refractivity contribution in [3.63, 3.8) is 0 Å². The van der Waals surface area contributed by atoms with Crippen LogP contribution in [0.1, 0.15) is 54.4 Å². The number of hydrogen-bond donors (Lipinski definition) is 1. The summed E-state index contributed by atoms with van der Waals surface area (Å²) in [4.78, 5) is 18.2. The minimum atomic E-state index is -0.609. The Bertz CT molecular complexity index is 991. The molecular weight excluding hydrogens is 404 g/mol. The highest BCUT2D eigenvalue weighted by molar-refractivity contribution is 6.34. The van der Waals surface area contributed by atoms with Gasteiger partial charge in [-0.2, -0.15) is 0 Å². The first-order valence-electron chi connectivity index (χ1n) is 10.8. The Labute approximate surface area is 191 Å². The van der Waals surface area contributed by atoms with Crippen molar-refractivity contribution in [1.82, 2.24) is 9.88 Å². The Kier molecular flexibility index (Phi) is 9.20. The van der Waals surface area contributed by atoms with Gasteiger partial charge in [0.15, 0.2) is 0 Å². The number of nitrogens with zero attached hydrogens (tertiary/aromatic N) is 2. The molecule has 1 aliphatic heterocycles. The lowest BCUT2D eigenvalue weighted by atomic mass is 9.89. The molecule has 32 heavy (non-hydrogen) atoms. The number of pyridine rings is 1. The van der Waals surface area contributed by atoms with E-state index in [1.54, 1.807) is 12.3 Å². The average Bonchev–Trinajstić information content (AvgIpc) is 2.78. The number of aromatic nitrogens is 1. The van der Waals surface area contributed by atoms with Crippen LogP contribution in [0.5, 0.6) is 0 Å². The zero-order valence-electron chi connectivity index (χ0n) is 19.5. The fraction of sp³-hybridized carbons (Fsp3) is 0.360. The first-order valence-corrected chi connectivity index (χ1v) is 10.8. The number of nitrogens with two attached hydrogens (primary N) is 1. The van der Waals surface area contributed by atoms with Crippen LogP contribution < -0.4 is 11.2 Å². The summed E-state index contributed by atoms with van der Waals surface area (Å²) in [7, 11) is 7.32. The first kappa shape index (κ1) is 25.3. The Hall–Kier alpha value is -2.93. The zero-order chi connectivity index (χ0) is 23.8. The molecule has 0 saturated heterocycles. The van der Waals surface area contributed by atoms with Crippen molar-refractivity contribution < 1.29 is 13.9 Å². The number of carbonyl (C=O) groups excluding carboxylic acids is 1. The van der Waals surface area contributed by atoms with Crippen LogP contribution in [-0.4, -0.2) is 50.4 Å². The van der Waals surface area contributed by atoms with Gasteiger partial charge < -0.3 is 10.5 Å². The fourth-order valence-corrected chi connectivity index (χ4v) is 3.71. The van der Waals surface area contributed by atoms with E-state index in [-0.39, 0.29) is 11.3 Å². The summed E-state index contributed by atoms with van der Waals surface area (Å²) in [6.45, 7) is 10.2. The summed E-state index contributed by atoms with van der Waals surface area (Å²) in [5.74, 6) is -1.11. The molecule has 0 spiro atoms. The molecule has 0 fully saturated rings. The van der Waals surface area contributed by atoms with Gasteiger partial charge in [-0.1, -0.05) is 43.1 Å². The van der Waals surface area contributed by atoms with E-state index >= 15 is 0 Å². The van der Waals surface area contributed by atoms with Crippen LogP contribution in [0.15, 0.2) is 36.0 Å². The van der Waals surface area contributed by atoms with Crippen LogP contribution >= 0.6 is 0 Å².